The second-order valence-corrected chi connectivity index (χ2v) is 6.42. The van der Waals surface area contributed by atoms with E-state index in [1.165, 1.54) is 12.1 Å². The molecule has 0 saturated heterocycles. The molecule has 3 rings (SSSR count). The van der Waals surface area contributed by atoms with Crippen LogP contribution in [0.2, 0.25) is 0 Å². The summed E-state index contributed by atoms with van der Waals surface area (Å²) in [6.07, 6.45) is -3.36. The van der Waals surface area contributed by atoms with Crippen molar-refractivity contribution in [2.24, 2.45) is 0 Å². The number of rotatable bonds is 4. The van der Waals surface area contributed by atoms with E-state index in [1.807, 2.05) is 6.92 Å². The highest BCUT2D eigenvalue weighted by atomic mass is 79.9. The van der Waals surface area contributed by atoms with E-state index < -0.39 is 6.36 Å². The topological polar surface area (TPSA) is 85.7 Å². The summed E-state index contributed by atoms with van der Waals surface area (Å²) in [5.41, 5.74) is 0.667. The quantitative estimate of drug-likeness (QED) is 0.684. The van der Waals surface area contributed by atoms with Crippen LogP contribution in [0.3, 0.4) is 0 Å². The normalized spacial score (nSPS) is 13.2. The number of H-pyrrole nitrogens is 1. The standard InChI is InChI=1S/C15H13BrF3N5O2/c1-7(5-9-3-4-10(6-20-9)26-15(17,18)19)24-13-11(12(16)23-24)14(25)22-8(2)21-13/h3-4,6-7H,5H2,1-2H3,(H,21,22,25). The zero-order valence-corrected chi connectivity index (χ0v) is 15.2. The van der Waals surface area contributed by atoms with Crippen LogP contribution in [0.15, 0.2) is 27.7 Å². The summed E-state index contributed by atoms with van der Waals surface area (Å²) in [6, 6.07) is 2.41. The Labute approximate surface area is 153 Å². The average molecular weight is 432 g/mol. The molecule has 0 aromatic carbocycles. The first kappa shape index (κ1) is 18.4. The average Bonchev–Trinajstić information content (AvgIpc) is 2.85. The molecular formula is C15H13BrF3N5O2. The highest BCUT2D eigenvalue weighted by molar-refractivity contribution is 9.10. The van der Waals surface area contributed by atoms with E-state index in [0.29, 0.717) is 33.6 Å². The minimum Gasteiger partial charge on any atom is -0.404 e. The van der Waals surface area contributed by atoms with Gasteiger partial charge in [-0.15, -0.1) is 13.2 Å². The number of hydrogen-bond acceptors (Lipinski definition) is 5. The fourth-order valence-electron chi connectivity index (χ4n) is 2.54. The first-order chi connectivity index (χ1) is 12.1. The Morgan fingerprint density at radius 1 is 1.38 bits per heavy atom. The number of hydrogen-bond donors (Lipinski definition) is 1. The molecule has 7 nitrogen and oxygen atoms in total. The van der Waals surface area contributed by atoms with E-state index >= 15 is 0 Å². The first-order valence-electron chi connectivity index (χ1n) is 7.49. The molecular weight excluding hydrogens is 419 g/mol. The van der Waals surface area contributed by atoms with E-state index in [9.17, 15) is 18.0 Å². The van der Waals surface area contributed by atoms with Gasteiger partial charge in [-0.3, -0.25) is 9.78 Å². The largest absolute Gasteiger partial charge is 0.573 e. The number of aryl methyl sites for hydroxylation is 1. The van der Waals surface area contributed by atoms with Crippen molar-refractivity contribution in [1.29, 1.82) is 0 Å². The molecule has 1 N–H and O–H groups in total. The lowest BCUT2D eigenvalue weighted by molar-refractivity contribution is -0.274. The van der Waals surface area contributed by atoms with Gasteiger partial charge >= 0.3 is 6.36 Å². The van der Waals surface area contributed by atoms with Gasteiger partial charge in [0.25, 0.3) is 5.56 Å². The van der Waals surface area contributed by atoms with E-state index in [2.05, 4.69) is 40.7 Å². The molecule has 0 saturated carbocycles. The molecule has 0 aliphatic heterocycles. The van der Waals surface area contributed by atoms with E-state index in [-0.39, 0.29) is 17.4 Å². The molecule has 3 aromatic heterocycles. The molecule has 26 heavy (non-hydrogen) atoms. The third-order valence-electron chi connectivity index (χ3n) is 3.59. The van der Waals surface area contributed by atoms with Gasteiger partial charge in [0.1, 0.15) is 21.6 Å². The maximum atomic E-state index is 12.2. The molecule has 0 bridgehead atoms. The number of fused-ring (bicyclic) bond motifs is 1. The Kier molecular flexibility index (Phi) is 4.74. The van der Waals surface area contributed by atoms with E-state index in [1.54, 1.807) is 11.6 Å². The second kappa shape index (κ2) is 6.71. The van der Waals surface area contributed by atoms with Gasteiger partial charge < -0.3 is 9.72 Å². The van der Waals surface area contributed by atoms with Crippen LogP contribution in [-0.2, 0) is 6.42 Å². The zero-order valence-electron chi connectivity index (χ0n) is 13.6. The summed E-state index contributed by atoms with van der Waals surface area (Å²) in [7, 11) is 0. The lowest BCUT2D eigenvalue weighted by Crippen LogP contribution is -2.17. The number of pyridine rings is 1. The van der Waals surface area contributed by atoms with Crippen molar-refractivity contribution in [3.05, 3.63) is 44.8 Å². The smallest absolute Gasteiger partial charge is 0.404 e. The fraction of sp³-hybridized carbons (Fsp3) is 0.333. The minimum absolute atomic E-state index is 0.237. The third kappa shape index (κ3) is 3.87. The van der Waals surface area contributed by atoms with Crippen molar-refractivity contribution >= 4 is 27.0 Å². The van der Waals surface area contributed by atoms with Crippen LogP contribution < -0.4 is 10.3 Å². The highest BCUT2D eigenvalue weighted by Gasteiger charge is 2.31. The molecule has 1 unspecified atom stereocenters. The maximum Gasteiger partial charge on any atom is 0.573 e. The Hall–Kier alpha value is -2.43. The molecule has 0 radical (unpaired) electrons. The van der Waals surface area contributed by atoms with Crippen molar-refractivity contribution in [1.82, 2.24) is 24.7 Å². The van der Waals surface area contributed by atoms with Gasteiger partial charge in [-0.2, -0.15) is 5.10 Å². The van der Waals surface area contributed by atoms with Crippen molar-refractivity contribution < 1.29 is 17.9 Å². The van der Waals surface area contributed by atoms with Crippen molar-refractivity contribution in [3.63, 3.8) is 0 Å². The van der Waals surface area contributed by atoms with Crippen LogP contribution in [0.25, 0.3) is 11.0 Å². The molecule has 1 atom stereocenters. The number of nitrogens with zero attached hydrogens (tertiary/aromatic N) is 4. The molecule has 0 amide bonds. The number of aromatic nitrogens is 5. The molecule has 0 fully saturated rings. The summed E-state index contributed by atoms with van der Waals surface area (Å²) in [5.74, 6) is 0.0696. The first-order valence-corrected chi connectivity index (χ1v) is 8.28. The molecule has 11 heteroatoms. The van der Waals surface area contributed by atoms with Gasteiger partial charge in [0, 0.05) is 12.1 Å². The minimum atomic E-state index is -4.76. The van der Waals surface area contributed by atoms with Crippen LogP contribution in [0.5, 0.6) is 5.75 Å². The SMILES string of the molecule is Cc1nc2c(c(Br)nn2C(C)Cc2ccc(OC(F)(F)F)cn2)c(=O)[nH]1. The molecule has 3 heterocycles. The number of nitrogens with one attached hydrogen (secondary N) is 1. The van der Waals surface area contributed by atoms with Crippen LogP contribution in [0, 0.1) is 6.92 Å². The molecule has 0 spiro atoms. The molecule has 0 aliphatic carbocycles. The fourth-order valence-corrected chi connectivity index (χ4v) is 3.07. The lowest BCUT2D eigenvalue weighted by Gasteiger charge is -2.13. The van der Waals surface area contributed by atoms with Crippen molar-refractivity contribution in [2.45, 2.75) is 32.7 Å². The van der Waals surface area contributed by atoms with Crippen LogP contribution in [-0.4, -0.2) is 31.1 Å². The van der Waals surface area contributed by atoms with Gasteiger partial charge in [-0.05, 0) is 41.9 Å². The van der Waals surface area contributed by atoms with Gasteiger partial charge in [0.2, 0.25) is 0 Å². The number of ether oxygens (including phenoxy) is 1. The summed E-state index contributed by atoms with van der Waals surface area (Å²) in [5, 5.41) is 4.64. The van der Waals surface area contributed by atoms with Crippen molar-refractivity contribution in [3.8, 4) is 5.75 Å². The second-order valence-electron chi connectivity index (χ2n) is 5.67. The molecule has 138 valence electrons. The molecule has 0 aliphatic rings. The van der Waals surface area contributed by atoms with Crippen LogP contribution in [0.4, 0.5) is 13.2 Å². The number of alkyl halides is 3. The Balaban J connectivity index is 1.86. The Morgan fingerprint density at radius 3 is 2.73 bits per heavy atom. The molecule has 3 aromatic rings. The van der Waals surface area contributed by atoms with Crippen LogP contribution in [0.1, 0.15) is 24.5 Å². The predicted molar refractivity (Wildman–Crippen MR) is 89.9 cm³/mol. The van der Waals surface area contributed by atoms with Gasteiger partial charge in [0.05, 0.1) is 12.2 Å². The van der Waals surface area contributed by atoms with E-state index in [4.69, 9.17) is 0 Å². The third-order valence-corrected chi connectivity index (χ3v) is 4.15. The predicted octanol–water partition coefficient (Wildman–Crippen LogP) is 3.29. The lowest BCUT2D eigenvalue weighted by atomic mass is 10.1. The van der Waals surface area contributed by atoms with Gasteiger partial charge in [-0.1, -0.05) is 0 Å². The monoisotopic (exact) mass is 431 g/mol. The van der Waals surface area contributed by atoms with E-state index in [0.717, 1.165) is 6.20 Å². The summed E-state index contributed by atoms with van der Waals surface area (Å²) in [6.45, 7) is 3.51. The number of aromatic amines is 1. The van der Waals surface area contributed by atoms with Crippen molar-refractivity contribution in [2.75, 3.05) is 0 Å². The Bertz CT molecular complexity index is 997. The van der Waals surface area contributed by atoms with Gasteiger partial charge in [-0.25, -0.2) is 9.67 Å². The van der Waals surface area contributed by atoms with Gasteiger partial charge in [0.15, 0.2) is 5.65 Å². The highest BCUT2D eigenvalue weighted by Crippen LogP contribution is 2.25. The summed E-state index contributed by atoms with van der Waals surface area (Å²) < 4.78 is 42.3. The zero-order chi connectivity index (χ0) is 19.1. The summed E-state index contributed by atoms with van der Waals surface area (Å²) >= 11 is 3.25. The van der Waals surface area contributed by atoms with Crippen LogP contribution >= 0.6 is 15.9 Å². The Morgan fingerprint density at radius 2 is 2.12 bits per heavy atom. The number of halogens is 4. The summed E-state index contributed by atoms with van der Waals surface area (Å²) in [4.78, 5) is 23.0. The maximum absolute atomic E-state index is 12.2.